The Balaban J connectivity index is 1.31. The van der Waals surface area contributed by atoms with Crippen LogP contribution in [0.15, 0.2) is 16.7 Å². The van der Waals surface area contributed by atoms with Crippen LogP contribution in [0.2, 0.25) is 0 Å². The number of amides is 1. The number of aryl methyl sites for hydroxylation is 3. The fourth-order valence-electron chi connectivity index (χ4n) is 4.85. The molecule has 1 saturated carbocycles. The molecule has 2 aliphatic rings. The van der Waals surface area contributed by atoms with Crippen molar-refractivity contribution in [2.24, 2.45) is 11.8 Å². The van der Waals surface area contributed by atoms with E-state index in [4.69, 9.17) is 4.52 Å². The summed E-state index contributed by atoms with van der Waals surface area (Å²) in [6.07, 6.45) is 1.90. The van der Waals surface area contributed by atoms with E-state index < -0.39 is 6.10 Å². The lowest BCUT2D eigenvalue weighted by Gasteiger charge is -2.35. The number of aliphatic hydroxyl groups excluding tert-OH is 1. The van der Waals surface area contributed by atoms with Gasteiger partial charge in [-0.1, -0.05) is 12.1 Å². The van der Waals surface area contributed by atoms with Crippen LogP contribution in [0.25, 0.3) is 0 Å². The van der Waals surface area contributed by atoms with Gasteiger partial charge >= 0.3 is 0 Å². The van der Waals surface area contributed by atoms with Crippen LogP contribution in [0.3, 0.4) is 0 Å². The maximum absolute atomic E-state index is 12.5. The van der Waals surface area contributed by atoms with E-state index in [1.807, 2.05) is 26.0 Å². The Morgan fingerprint density at radius 2 is 2.03 bits per heavy atom. The molecule has 1 aliphatic carbocycles. The monoisotopic (exact) mass is 401 g/mol. The maximum atomic E-state index is 12.5. The molecule has 2 N–H and O–H groups in total. The van der Waals surface area contributed by atoms with Gasteiger partial charge in [0, 0.05) is 24.8 Å². The smallest absolute Gasteiger partial charge is 0.242 e. The molecular formula is C21H31N5O3. The predicted octanol–water partition coefficient (Wildman–Crippen LogP) is 1.44. The lowest BCUT2D eigenvalue weighted by molar-refractivity contribution is -0.124. The normalized spacial score (nSPS) is 27.2. The van der Waals surface area contributed by atoms with Crippen molar-refractivity contribution in [2.45, 2.75) is 65.3 Å². The number of hydrogen-bond donors (Lipinski definition) is 2. The van der Waals surface area contributed by atoms with Crippen LogP contribution in [0, 0.1) is 25.7 Å². The van der Waals surface area contributed by atoms with Crippen molar-refractivity contribution < 1.29 is 14.4 Å². The van der Waals surface area contributed by atoms with Gasteiger partial charge in [-0.3, -0.25) is 14.4 Å². The van der Waals surface area contributed by atoms with Gasteiger partial charge < -0.3 is 14.9 Å². The molecule has 4 rings (SSSR count). The van der Waals surface area contributed by atoms with Crippen LogP contribution in [0.4, 0.5) is 0 Å². The number of hydrogen-bond acceptors (Lipinski definition) is 6. The highest BCUT2D eigenvalue weighted by Gasteiger charge is 2.42. The van der Waals surface area contributed by atoms with Crippen molar-refractivity contribution in [3.05, 3.63) is 35.0 Å². The molecule has 4 atom stereocenters. The van der Waals surface area contributed by atoms with Crippen LogP contribution >= 0.6 is 0 Å². The highest BCUT2D eigenvalue weighted by Crippen LogP contribution is 2.37. The molecule has 8 nitrogen and oxygen atoms in total. The Labute approximate surface area is 171 Å². The topological polar surface area (TPSA) is 96.4 Å². The SMILES string of the molecule is CCc1cc(CN2C[C@H]3C[C@H](O)[C@@H](NC(=O)Cn4nc(C)cc4C)C[C@H]3C2)on1. The van der Waals surface area contributed by atoms with Gasteiger partial charge in [-0.2, -0.15) is 5.10 Å². The zero-order valence-electron chi connectivity index (χ0n) is 17.5. The molecule has 158 valence electrons. The standard InChI is InChI=1S/C21H31N5O3/c1-4-17-8-18(29-24-17)11-25-9-15-6-19(20(27)7-16(15)10-25)22-21(28)12-26-14(3)5-13(2)23-26/h5,8,15-16,19-20,27H,4,6-7,9-12H2,1-3H3,(H,22,28)/t15-,16+,19-,20-/m0/s1. The molecule has 1 aliphatic heterocycles. The molecular weight excluding hydrogens is 370 g/mol. The summed E-state index contributed by atoms with van der Waals surface area (Å²) in [6.45, 7) is 8.79. The van der Waals surface area contributed by atoms with Crippen molar-refractivity contribution in [3.63, 3.8) is 0 Å². The molecule has 2 aromatic rings. The van der Waals surface area contributed by atoms with E-state index >= 15 is 0 Å². The lowest BCUT2D eigenvalue weighted by atomic mass is 9.77. The minimum absolute atomic E-state index is 0.0951. The first-order valence-corrected chi connectivity index (χ1v) is 10.6. The minimum Gasteiger partial charge on any atom is -0.391 e. The van der Waals surface area contributed by atoms with Gasteiger partial charge in [0.15, 0.2) is 5.76 Å². The van der Waals surface area contributed by atoms with Crippen LogP contribution in [0.5, 0.6) is 0 Å². The second-order valence-corrected chi connectivity index (χ2v) is 8.65. The van der Waals surface area contributed by atoms with Gasteiger partial charge in [0.1, 0.15) is 6.54 Å². The first-order chi connectivity index (χ1) is 13.9. The number of carbonyl (C=O) groups is 1. The van der Waals surface area contributed by atoms with E-state index in [1.54, 1.807) is 4.68 Å². The fraction of sp³-hybridized carbons (Fsp3) is 0.667. The van der Waals surface area contributed by atoms with Gasteiger partial charge in [-0.05, 0) is 51.0 Å². The summed E-state index contributed by atoms with van der Waals surface area (Å²) in [5.41, 5.74) is 2.85. The van der Waals surface area contributed by atoms with Crippen LogP contribution in [-0.2, 0) is 24.3 Å². The summed E-state index contributed by atoms with van der Waals surface area (Å²) in [5, 5.41) is 22.1. The van der Waals surface area contributed by atoms with Gasteiger partial charge in [0.2, 0.25) is 5.91 Å². The van der Waals surface area contributed by atoms with Crippen molar-refractivity contribution in [2.75, 3.05) is 13.1 Å². The summed E-state index contributed by atoms with van der Waals surface area (Å²) in [7, 11) is 0. The first-order valence-electron chi connectivity index (χ1n) is 10.6. The van der Waals surface area contributed by atoms with E-state index in [0.29, 0.717) is 11.8 Å². The van der Waals surface area contributed by atoms with Crippen LogP contribution in [0.1, 0.15) is 42.6 Å². The molecule has 1 amide bonds. The molecule has 29 heavy (non-hydrogen) atoms. The Kier molecular flexibility index (Phi) is 5.74. The summed E-state index contributed by atoms with van der Waals surface area (Å²) in [6, 6.07) is 3.79. The lowest BCUT2D eigenvalue weighted by Crippen LogP contribution is -2.50. The maximum Gasteiger partial charge on any atom is 0.242 e. The number of aliphatic hydroxyl groups is 1. The third-order valence-corrected chi connectivity index (χ3v) is 6.31. The zero-order valence-corrected chi connectivity index (χ0v) is 17.5. The Hall–Kier alpha value is -2.19. The van der Waals surface area contributed by atoms with Crippen molar-refractivity contribution in [1.82, 2.24) is 25.2 Å². The first kappa shape index (κ1) is 20.1. The molecule has 2 fully saturated rings. The minimum atomic E-state index is -0.502. The van der Waals surface area contributed by atoms with Crippen LogP contribution in [-0.4, -0.2) is 56.1 Å². The quantitative estimate of drug-likeness (QED) is 0.760. The molecule has 8 heteroatoms. The van der Waals surface area contributed by atoms with Gasteiger partial charge in [0.25, 0.3) is 0 Å². The number of carbonyl (C=O) groups excluding carboxylic acids is 1. The largest absolute Gasteiger partial charge is 0.391 e. The van der Waals surface area contributed by atoms with E-state index in [2.05, 4.69) is 27.4 Å². The predicted molar refractivity (Wildman–Crippen MR) is 107 cm³/mol. The highest BCUT2D eigenvalue weighted by molar-refractivity contribution is 5.76. The molecule has 0 aromatic carbocycles. The summed E-state index contributed by atoms with van der Waals surface area (Å²) in [5.74, 6) is 1.74. The van der Waals surface area contributed by atoms with E-state index in [9.17, 15) is 9.90 Å². The molecule has 1 saturated heterocycles. The second kappa shape index (κ2) is 8.28. The van der Waals surface area contributed by atoms with Gasteiger partial charge in [-0.25, -0.2) is 0 Å². The number of likely N-dealkylation sites (tertiary alicyclic amines) is 1. The number of nitrogens with one attached hydrogen (secondary N) is 1. The second-order valence-electron chi connectivity index (χ2n) is 8.65. The van der Waals surface area contributed by atoms with E-state index in [0.717, 1.165) is 61.7 Å². The van der Waals surface area contributed by atoms with Crippen molar-refractivity contribution >= 4 is 5.91 Å². The summed E-state index contributed by atoms with van der Waals surface area (Å²) >= 11 is 0. The number of fused-ring (bicyclic) bond motifs is 1. The molecule has 0 unspecified atom stereocenters. The Bertz CT molecular complexity index is 860. The average molecular weight is 402 g/mol. The third kappa shape index (κ3) is 4.53. The Morgan fingerprint density at radius 1 is 1.28 bits per heavy atom. The van der Waals surface area contributed by atoms with Crippen molar-refractivity contribution in [3.8, 4) is 0 Å². The molecule has 3 heterocycles. The highest BCUT2D eigenvalue weighted by atomic mass is 16.5. The number of rotatable bonds is 6. The molecule has 0 radical (unpaired) electrons. The van der Waals surface area contributed by atoms with E-state index in [1.165, 1.54) is 0 Å². The summed E-state index contributed by atoms with van der Waals surface area (Å²) < 4.78 is 7.14. The average Bonchev–Trinajstić information content (AvgIpc) is 3.35. The molecule has 0 spiro atoms. The van der Waals surface area contributed by atoms with Crippen molar-refractivity contribution in [1.29, 1.82) is 0 Å². The summed E-state index contributed by atoms with van der Waals surface area (Å²) in [4.78, 5) is 14.9. The number of aromatic nitrogens is 3. The van der Waals surface area contributed by atoms with Gasteiger partial charge in [0.05, 0.1) is 30.1 Å². The van der Waals surface area contributed by atoms with Gasteiger partial charge in [-0.15, -0.1) is 0 Å². The zero-order chi connectivity index (χ0) is 20.5. The number of nitrogens with zero attached hydrogens (tertiary/aromatic N) is 4. The van der Waals surface area contributed by atoms with Crippen LogP contribution < -0.4 is 5.32 Å². The Morgan fingerprint density at radius 3 is 2.69 bits per heavy atom. The van der Waals surface area contributed by atoms with E-state index in [-0.39, 0.29) is 18.5 Å². The molecule has 2 aromatic heterocycles. The molecule has 0 bridgehead atoms. The fourth-order valence-corrected chi connectivity index (χ4v) is 4.85. The third-order valence-electron chi connectivity index (χ3n) is 6.31.